The van der Waals surface area contributed by atoms with Gasteiger partial charge in [-0.1, -0.05) is 6.92 Å². The van der Waals surface area contributed by atoms with E-state index in [0.717, 1.165) is 6.54 Å². The molecule has 1 atom stereocenters. The van der Waals surface area contributed by atoms with Gasteiger partial charge in [0.1, 0.15) is 0 Å². The second-order valence-electron chi connectivity index (χ2n) is 4.16. The molecule has 2 heteroatoms. The molecule has 0 spiro atoms. The molecular formula is C12H22N2. The van der Waals surface area contributed by atoms with Crippen molar-refractivity contribution in [2.75, 3.05) is 6.54 Å². The molecule has 14 heavy (non-hydrogen) atoms. The van der Waals surface area contributed by atoms with Crippen LogP contribution in [0, 0.1) is 0 Å². The van der Waals surface area contributed by atoms with E-state index in [-0.39, 0.29) is 0 Å². The van der Waals surface area contributed by atoms with Gasteiger partial charge in [-0.15, -0.1) is 0 Å². The number of nitrogens with one attached hydrogen (secondary N) is 1. The zero-order chi connectivity index (χ0) is 10.6. The van der Waals surface area contributed by atoms with Crippen molar-refractivity contribution in [3.63, 3.8) is 0 Å². The zero-order valence-corrected chi connectivity index (χ0v) is 9.75. The molecule has 1 rings (SSSR count). The summed E-state index contributed by atoms with van der Waals surface area (Å²) in [5.74, 6) is 0. The zero-order valence-electron chi connectivity index (χ0n) is 9.75. The van der Waals surface area contributed by atoms with Crippen molar-refractivity contribution in [1.82, 2.24) is 9.88 Å². The first kappa shape index (κ1) is 11.3. The lowest BCUT2D eigenvalue weighted by molar-refractivity contribution is 0.562. The lowest BCUT2D eigenvalue weighted by atomic mass is 10.2. The normalized spacial score (nSPS) is 13.5. The molecule has 0 saturated heterocycles. The molecule has 1 unspecified atom stereocenters. The van der Waals surface area contributed by atoms with E-state index in [1.165, 1.54) is 12.0 Å². The first-order chi connectivity index (χ1) is 6.65. The smallest absolute Gasteiger partial charge is 0.0306 e. The van der Waals surface area contributed by atoms with Crippen LogP contribution in [-0.2, 0) is 0 Å². The third-order valence-corrected chi connectivity index (χ3v) is 2.53. The molecule has 80 valence electrons. The minimum absolute atomic E-state index is 0.468. The Hall–Kier alpha value is -0.760. The predicted octanol–water partition coefficient (Wildman–Crippen LogP) is 3.13. The van der Waals surface area contributed by atoms with E-state index in [0.29, 0.717) is 12.1 Å². The summed E-state index contributed by atoms with van der Waals surface area (Å²) in [5, 5.41) is 3.49. The average Bonchev–Trinajstić information content (AvgIpc) is 2.62. The molecule has 0 aliphatic rings. The highest BCUT2D eigenvalue weighted by Gasteiger charge is 2.06. The maximum atomic E-state index is 3.49. The van der Waals surface area contributed by atoms with Gasteiger partial charge in [0.05, 0.1) is 0 Å². The molecule has 1 aromatic heterocycles. The van der Waals surface area contributed by atoms with Gasteiger partial charge >= 0.3 is 0 Å². The SMILES string of the molecule is CCCNC(C)c1ccn(C(C)C)c1. The van der Waals surface area contributed by atoms with Crippen molar-refractivity contribution in [2.24, 2.45) is 0 Å². The van der Waals surface area contributed by atoms with Crippen LogP contribution in [0.4, 0.5) is 0 Å². The van der Waals surface area contributed by atoms with Crippen molar-refractivity contribution in [3.05, 3.63) is 24.0 Å². The van der Waals surface area contributed by atoms with Crippen molar-refractivity contribution in [2.45, 2.75) is 46.2 Å². The van der Waals surface area contributed by atoms with Crippen LogP contribution < -0.4 is 5.32 Å². The molecule has 0 aliphatic heterocycles. The van der Waals surface area contributed by atoms with Crippen molar-refractivity contribution < 1.29 is 0 Å². The molecule has 2 nitrogen and oxygen atoms in total. The molecule has 0 fully saturated rings. The Morgan fingerprint density at radius 1 is 1.36 bits per heavy atom. The van der Waals surface area contributed by atoms with Gasteiger partial charge in [-0.2, -0.15) is 0 Å². The van der Waals surface area contributed by atoms with Gasteiger partial charge in [0.25, 0.3) is 0 Å². The van der Waals surface area contributed by atoms with Crippen LogP contribution in [0.1, 0.15) is 51.8 Å². The van der Waals surface area contributed by atoms with E-state index in [1.54, 1.807) is 0 Å². The van der Waals surface area contributed by atoms with E-state index in [9.17, 15) is 0 Å². The van der Waals surface area contributed by atoms with Crippen LogP contribution >= 0.6 is 0 Å². The molecule has 0 saturated carbocycles. The Kier molecular flexibility index (Phi) is 4.21. The third kappa shape index (κ3) is 2.88. The van der Waals surface area contributed by atoms with Gasteiger partial charge < -0.3 is 9.88 Å². The van der Waals surface area contributed by atoms with Gasteiger partial charge in [0, 0.05) is 24.5 Å². The fraction of sp³-hybridized carbons (Fsp3) is 0.667. The molecule has 0 bridgehead atoms. The highest BCUT2D eigenvalue weighted by Crippen LogP contribution is 2.15. The largest absolute Gasteiger partial charge is 0.351 e. The van der Waals surface area contributed by atoms with Crippen molar-refractivity contribution >= 4 is 0 Å². The maximum Gasteiger partial charge on any atom is 0.0306 e. The average molecular weight is 194 g/mol. The topological polar surface area (TPSA) is 17.0 Å². The maximum absolute atomic E-state index is 3.49. The highest BCUT2D eigenvalue weighted by molar-refractivity contribution is 5.15. The molecule has 1 aromatic rings. The molecule has 0 aliphatic carbocycles. The fourth-order valence-electron chi connectivity index (χ4n) is 1.49. The number of hydrogen-bond donors (Lipinski definition) is 1. The minimum atomic E-state index is 0.468. The van der Waals surface area contributed by atoms with Crippen LogP contribution in [0.5, 0.6) is 0 Å². The molecular weight excluding hydrogens is 172 g/mol. The summed E-state index contributed by atoms with van der Waals surface area (Å²) in [4.78, 5) is 0. The van der Waals surface area contributed by atoms with Gasteiger partial charge in [-0.05, 0) is 45.4 Å². The Balaban J connectivity index is 2.57. The third-order valence-electron chi connectivity index (χ3n) is 2.53. The second-order valence-corrected chi connectivity index (χ2v) is 4.16. The summed E-state index contributed by atoms with van der Waals surface area (Å²) in [6, 6.07) is 3.23. The van der Waals surface area contributed by atoms with Gasteiger partial charge in [-0.3, -0.25) is 0 Å². The molecule has 0 aromatic carbocycles. The number of nitrogens with zero attached hydrogens (tertiary/aromatic N) is 1. The molecule has 0 radical (unpaired) electrons. The van der Waals surface area contributed by atoms with E-state index in [4.69, 9.17) is 0 Å². The Morgan fingerprint density at radius 2 is 2.07 bits per heavy atom. The first-order valence-electron chi connectivity index (χ1n) is 5.56. The number of aromatic nitrogens is 1. The first-order valence-corrected chi connectivity index (χ1v) is 5.56. The van der Waals surface area contributed by atoms with E-state index >= 15 is 0 Å². The second kappa shape index (κ2) is 5.20. The van der Waals surface area contributed by atoms with E-state index in [1.807, 2.05) is 0 Å². The standard InChI is InChI=1S/C12H22N2/c1-5-7-13-11(4)12-6-8-14(9-12)10(2)3/h6,8-11,13H,5,7H2,1-4H3. The lowest BCUT2D eigenvalue weighted by Crippen LogP contribution is -2.18. The molecule has 0 amide bonds. The van der Waals surface area contributed by atoms with Crippen molar-refractivity contribution in [1.29, 1.82) is 0 Å². The highest BCUT2D eigenvalue weighted by atomic mass is 15.0. The van der Waals surface area contributed by atoms with Crippen LogP contribution in [0.2, 0.25) is 0 Å². The van der Waals surface area contributed by atoms with Crippen LogP contribution in [0.15, 0.2) is 18.5 Å². The summed E-state index contributed by atoms with van der Waals surface area (Å²) < 4.78 is 2.25. The monoisotopic (exact) mass is 194 g/mol. The molecule has 1 heterocycles. The summed E-state index contributed by atoms with van der Waals surface area (Å²) >= 11 is 0. The summed E-state index contributed by atoms with van der Waals surface area (Å²) in [6.45, 7) is 9.91. The summed E-state index contributed by atoms with van der Waals surface area (Å²) in [7, 11) is 0. The predicted molar refractivity (Wildman–Crippen MR) is 61.5 cm³/mol. The lowest BCUT2D eigenvalue weighted by Gasteiger charge is -2.11. The van der Waals surface area contributed by atoms with Crippen molar-refractivity contribution in [3.8, 4) is 0 Å². The Bertz CT molecular complexity index is 263. The van der Waals surface area contributed by atoms with Gasteiger partial charge in [-0.25, -0.2) is 0 Å². The number of hydrogen-bond acceptors (Lipinski definition) is 1. The summed E-state index contributed by atoms with van der Waals surface area (Å²) in [6.07, 6.45) is 5.58. The van der Waals surface area contributed by atoms with Gasteiger partial charge in [0.15, 0.2) is 0 Å². The van der Waals surface area contributed by atoms with Gasteiger partial charge in [0.2, 0.25) is 0 Å². The number of rotatable bonds is 5. The fourth-order valence-corrected chi connectivity index (χ4v) is 1.49. The van der Waals surface area contributed by atoms with E-state index < -0.39 is 0 Å². The Labute approximate surface area is 87.3 Å². The minimum Gasteiger partial charge on any atom is -0.351 e. The Morgan fingerprint density at radius 3 is 2.57 bits per heavy atom. The quantitative estimate of drug-likeness (QED) is 0.762. The van der Waals surface area contributed by atoms with E-state index in [2.05, 4.69) is 56.0 Å². The van der Waals surface area contributed by atoms with Crippen LogP contribution in [-0.4, -0.2) is 11.1 Å². The van der Waals surface area contributed by atoms with Crippen LogP contribution in [0.25, 0.3) is 0 Å². The summed E-state index contributed by atoms with van der Waals surface area (Å²) in [5.41, 5.74) is 1.38. The van der Waals surface area contributed by atoms with Crippen LogP contribution in [0.3, 0.4) is 0 Å². The molecule has 1 N–H and O–H groups in total.